The van der Waals surface area contributed by atoms with E-state index in [1.165, 1.54) is 17.0 Å². The number of nitrogens with one attached hydrogen (secondary N) is 2. The number of anilines is 2. The Morgan fingerprint density at radius 1 is 1.05 bits per heavy atom. The number of nitrogens with two attached hydrogens (primary N) is 1. The maximum absolute atomic E-state index is 15.0. The number of benzene rings is 3. The average Bonchev–Trinajstić information content (AvgIpc) is 3.72. The van der Waals surface area contributed by atoms with Gasteiger partial charge in [-0.05, 0) is 66.3 Å². The van der Waals surface area contributed by atoms with Gasteiger partial charge in [-0.25, -0.2) is 9.18 Å². The van der Waals surface area contributed by atoms with Gasteiger partial charge >= 0.3 is 6.03 Å². The second-order valence-corrected chi connectivity index (χ2v) is 10.7. The van der Waals surface area contributed by atoms with Crippen molar-refractivity contribution in [2.45, 2.75) is 49.8 Å². The number of hydrogen-bond donors (Lipinski definition) is 4. The molecular formula is C31H32FN5O3. The van der Waals surface area contributed by atoms with E-state index in [-0.39, 0.29) is 18.7 Å². The highest BCUT2D eigenvalue weighted by molar-refractivity contribution is 5.99. The van der Waals surface area contributed by atoms with E-state index in [1.807, 2.05) is 12.1 Å². The number of aliphatic hydroxyl groups is 1. The average molecular weight is 542 g/mol. The maximum atomic E-state index is 15.0. The predicted molar refractivity (Wildman–Crippen MR) is 150 cm³/mol. The highest BCUT2D eigenvalue weighted by Crippen LogP contribution is 2.40. The number of urea groups is 1. The van der Waals surface area contributed by atoms with Crippen LogP contribution < -0.4 is 16.4 Å². The van der Waals surface area contributed by atoms with Crippen LogP contribution in [-0.4, -0.2) is 40.6 Å². The Kier molecular flexibility index (Phi) is 7.83. The van der Waals surface area contributed by atoms with Crippen LogP contribution in [0.4, 0.5) is 20.6 Å². The minimum atomic E-state index is -1.01. The molecule has 3 aromatic carbocycles. The number of amides is 3. The molecule has 0 radical (unpaired) electrons. The summed E-state index contributed by atoms with van der Waals surface area (Å²) in [6, 6.07) is 20.9. The lowest BCUT2D eigenvalue weighted by Gasteiger charge is -2.32. The van der Waals surface area contributed by atoms with Crippen LogP contribution in [0.15, 0.2) is 72.8 Å². The molecule has 9 heteroatoms. The number of likely N-dealkylation sites (tertiary alicyclic amines) is 1. The van der Waals surface area contributed by atoms with Crippen molar-refractivity contribution in [3.05, 3.63) is 95.3 Å². The van der Waals surface area contributed by atoms with Gasteiger partial charge in [-0.3, -0.25) is 4.79 Å². The molecule has 40 heavy (non-hydrogen) atoms. The lowest BCUT2D eigenvalue weighted by atomic mass is 9.79. The summed E-state index contributed by atoms with van der Waals surface area (Å²) in [5.41, 5.74) is 8.32. The normalized spacial score (nSPS) is 19.9. The van der Waals surface area contributed by atoms with Crippen LogP contribution in [0.1, 0.15) is 48.8 Å². The van der Waals surface area contributed by atoms with Crippen molar-refractivity contribution in [2.75, 3.05) is 17.2 Å². The van der Waals surface area contributed by atoms with E-state index in [0.29, 0.717) is 29.2 Å². The van der Waals surface area contributed by atoms with Crippen molar-refractivity contribution in [2.24, 2.45) is 11.7 Å². The van der Waals surface area contributed by atoms with E-state index in [1.54, 1.807) is 48.5 Å². The van der Waals surface area contributed by atoms with Crippen molar-refractivity contribution in [3.8, 4) is 6.07 Å². The number of carbonyl (C=O) groups is 2. The SMILES string of the molecule is N#Cc1cccc(C(N)(CCC2CC2)c2ccc(F)c(NC(=O)[C@H]3C[C@@H](O)CN3C(=O)Nc3ccccc3)c2)c1. The van der Waals surface area contributed by atoms with E-state index in [0.717, 1.165) is 24.8 Å². The summed E-state index contributed by atoms with van der Waals surface area (Å²) in [6.45, 7) is -0.0262. The molecule has 2 fully saturated rings. The Labute approximate surface area is 232 Å². The molecule has 1 unspecified atom stereocenters. The van der Waals surface area contributed by atoms with E-state index in [2.05, 4.69) is 16.7 Å². The Balaban J connectivity index is 1.39. The van der Waals surface area contributed by atoms with Gasteiger partial charge in [-0.15, -0.1) is 0 Å². The summed E-state index contributed by atoms with van der Waals surface area (Å²) in [5.74, 6) is -0.655. The lowest BCUT2D eigenvalue weighted by molar-refractivity contribution is -0.119. The van der Waals surface area contributed by atoms with Crippen molar-refractivity contribution in [1.82, 2.24) is 4.90 Å². The van der Waals surface area contributed by atoms with Crippen LogP contribution in [0.3, 0.4) is 0 Å². The predicted octanol–water partition coefficient (Wildman–Crippen LogP) is 4.70. The summed E-state index contributed by atoms with van der Waals surface area (Å²) >= 11 is 0. The zero-order chi connectivity index (χ0) is 28.3. The molecule has 3 atom stereocenters. The summed E-state index contributed by atoms with van der Waals surface area (Å²) in [7, 11) is 0. The third kappa shape index (κ3) is 5.98. The van der Waals surface area contributed by atoms with Crippen LogP contribution in [-0.2, 0) is 10.3 Å². The number of halogens is 1. The van der Waals surface area contributed by atoms with Crippen LogP contribution in [0.25, 0.3) is 0 Å². The fourth-order valence-electron chi connectivity index (χ4n) is 5.28. The fourth-order valence-corrected chi connectivity index (χ4v) is 5.28. The van der Waals surface area contributed by atoms with Crippen molar-refractivity contribution in [3.63, 3.8) is 0 Å². The molecular weight excluding hydrogens is 509 g/mol. The molecule has 1 saturated carbocycles. The summed E-state index contributed by atoms with van der Waals surface area (Å²) in [4.78, 5) is 27.5. The van der Waals surface area contributed by atoms with Crippen molar-refractivity contribution >= 4 is 23.3 Å². The molecule has 1 saturated heterocycles. The molecule has 0 bridgehead atoms. The van der Waals surface area contributed by atoms with Crippen LogP contribution in [0.2, 0.25) is 0 Å². The van der Waals surface area contributed by atoms with Crippen molar-refractivity contribution in [1.29, 1.82) is 5.26 Å². The van der Waals surface area contributed by atoms with Gasteiger partial charge < -0.3 is 26.4 Å². The number of aliphatic hydroxyl groups excluding tert-OH is 1. The maximum Gasteiger partial charge on any atom is 0.322 e. The summed E-state index contributed by atoms with van der Waals surface area (Å²) < 4.78 is 15.0. The first-order valence-electron chi connectivity index (χ1n) is 13.5. The third-order valence-electron chi connectivity index (χ3n) is 7.76. The van der Waals surface area contributed by atoms with Gasteiger partial charge in [-0.2, -0.15) is 5.26 Å². The Morgan fingerprint density at radius 2 is 1.80 bits per heavy atom. The number of carbonyl (C=O) groups excluding carboxylic acids is 2. The zero-order valence-electron chi connectivity index (χ0n) is 22.0. The van der Waals surface area contributed by atoms with E-state index < -0.39 is 35.4 Å². The summed E-state index contributed by atoms with van der Waals surface area (Å²) in [5, 5.41) is 25.1. The van der Waals surface area contributed by atoms with E-state index in [4.69, 9.17) is 5.73 Å². The minimum Gasteiger partial charge on any atom is -0.391 e. The summed E-state index contributed by atoms with van der Waals surface area (Å²) in [6.07, 6.45) is 2.92. The molecule has 1 aliphatic carbocycles. The smallest absolute Gasteiger partial charge is 0.322 e. The number of nitriles is 1. The van der Waals surface area contributed by atoms with E-state index in [9.17, 15) is 20.0 Å². The van der Waals surface area contributed by atoms with Gasteiger partial charge in [0.2, 0.25) is 5.91 Å². The molecule has 0 spiro atoms. The third-order valence-corrected chi connectivity index (χ3v) is 7.76. The molecule has 206 valence electrons. The minimum absolute atomic E-state index is 0.0262. The second kappa shape index (κ2) is 11.5. The number of β-amino-alcohol motifs (C(OH)–C–C–N with tert-alkyl or cyclic N) is 1. The number of nitrogens with zero attached hydrogens (tertiary/aromatic N) is 2. The first-order chi connectivity index (χ1) is 19.3. The molecule has 3 aromatic rings. The first kappa shape index (κ1) is 27.3. The fraction of sp³-hybridized carbons (Fsp3) is 0.323. The Bertz CT molecular complexity index is 1440. The first-order valence-corrected chi connectivity index (χ1v) is 13.5. The van der Waals surface area contributed by atoms with E-state index >= 15 is 4.39 Å². The highest BCUT2D eigenvalue weighted by atomic mass is 19.1. The number of para-hydroxylation sites is 1. The van der Waals surface area contributed by atoms with Gasteiger partial charge in [0, 0.05) is 18.7 Å². The van der Waals surface area contributed by atoms with Gasteiger partial charge in [0.15, 0.2) is 0 Å². The Hall–Kier alpha value is -4.26. The van der Waals surface area contributed by atoms with Crippen LogP contribution in [0.5, 0.6) is 0 Å². The quantitative estimate of drug-likeness (QED) is 0.328. The van der Waals surface area contributed by atoms with Gasteiger partial charge in [0.1, 0.15) is 11.9 Å². The molecule has 1 heterocycles. The number of rotatable bonds is 8. The molecule has 3 amide bonds. The lowest BCUT2D eigenvalue weighted by Crippen LogP contribution is -2.45. The zero-order valence-corrected chi connectivity index (χ0v) is 22.0. The molecule has 0 aromatic heterocycles. The van der Waals surface area contributed by atoms with Crippen LogP contribution >= 0.6 is 0 Å². The Morgan fingerprint density at radius 3 is 2.52 bits per heavy atom. The van der Waals surface area contributed by atoms with Crippen LogP contribution in [0, 0.1) is 23.1 Å². The molecule has 5 N–H and O–H groups in total. The highest BCUT2D eigenvalue weighted by Gasteiger charge is 2.40. The van der Waals surface area contributed by atoms with Gasteiger partial charge in [0.25, 0.3) is 0 Å². The monoisotopic (exact) mass is 541 g/mol. The molecule has 1 aliphatic heterocycles. The largest absolute Gasteiger partial charge is 0.391 e. The van der Waals surface area contributed by atoms with Gasteiger partial charge in [-0.1, -0.05) is 49.2 Å². The van der Waals surface area contributed by atoms with Crippen molar-refractivity contribution < 1.29 is 19.1 Å². The molecule has 2 aliphatic rings. The molecule has 5 rings (SSSR count). The molecule has 8 nitrogen and oxygen atoms in total. The second-order valence-electron chi connectivity index (χ2n) is 10.7. The topological polar surface area (TPSA) is 131 Å². The number of hydrogen-bond acceptors (Lipinski definition) is 5. The van der Waals surface area contributed by atoms with Gasteiger partial charge in [0.05, 0.1) is 29.0 Å². The standard InChI is InChI=1S/C31H32FN5O3/c32-26-12-11-23(31(34,14-13-20-9-10-20)22-6-4-5-21(15-22)18-33)16-27(26)36-29(39)28-17-25(38)19-37(28)30(40)35-24-7-2-1-3-8-24/h1-8,11-12,15-16,20,25,28,38H,9-10,13-14,17,19,34H2,(H,35,40)(H,36,39)/t25-,28-,31?/m1/s1.